The maximum Gasteiger partial charge on any atom is 0.237 e. The van der Waals surface area contributed by atoms with E-state index in [1.165, 1.54) is 0 Å². The molecule has 2 amide bonds. The molecule has 2 aliphatic rings. The van der Waals surface area contributed by atoms with Crippen LogP contribution in [0.1, 0.15) is 48.9 Å². The Bertz CT molecular complexity index is 662. The summed E-state index contributed by atoms with van der Waals surface area (Å²) in [7, 11) is 0. The highest BCUT2D eigenvalue weighted by atomic mass is 35.5. The molecule has 0 aromatic heterocycles. The largest absolute Gasteiger partial charge is 0.354 e. The van der Waals surface area contributed by atoms with Crippen LogP contribution < -0.4 is 10.6 Å². The van der Waals surface area contributed by atoms with E-state index in [4.69, 9.17) is 0 Å². The molecular weight excluding hydrogens is 378 g/mol. The molecule has 2 fully saturated rings. The van der Waals surface area contributed by atoms with E-state index in [2.05, 4.69) is 10.6 Å². The van der Waals surface area contributed by atoms with E-state index in [0.29, 0.717) is 18.7 Å². The molecule has 154 valence electrons. The second-order valence-corrected chi connectivity index (χ2v) is 7.53. The molecule has 0 aliphatic carbocycles. The van der Waals surface area contributed by atoms with Gasteiger partial charge in [-0.2, -0.15) is 0 Å². The van der Waals surface area contributed by atoms with Gasteiger partial charge in [0.05, 0.1) is 6.04 Å². The second kappa shape index (κ2) is 11.2. The number of hydrogen-bond donors (Lipinski definition) is 2. The van der Waals surface area contributed by atoms with Crippen LogP contribution in [0.25, 0.3) is 0 Å². The number of nitrogens with zero attached hydrogens (tertiary/aromatic N) is 1. The van der Waals surface area contributed by atoms with Gasteiger partial charge >= 0.3 is 0 Å². The summed E-state index contributed by atoms with van der Waals surface area (Å²) in [5, 5.41) is 6.24. The number of piperidine rings is 1. The van der Waals surface area contributed by atoms with Crippen molar-refractivity contribution in [1.82, 2.24) is 15.5 Å². The van der Waals surface area contributed by atoms with Gasteiger partial charge in [0.2, 0.25) is 11.8 Å². The van der Waals surface area contributed by atoms with Crippen molar-refractivity contribution in [2.24, 2.45) is 5.92 Å². The van der Waals surface area contributed by atoms with E-state index in [1.807, 2.05) is 23.1 Å². The van der Waals surface area contributed by atoms with Crippen molar-refractivity contribution in [2.75, 3.05) is 26.2 Å². The minimum atomic E-state index is -0.0599. The Kier molecular flexibility index (Phi) is 8.93. The minimum absolute atomic E-state index is 0. The molecule has 2 aliphatic heterocycles. The summed E-state index contributed by atoms with van der Waals surface area (Å²) in [6, 6.07) is 9.05. The molecule has 3 rings (SSSR count). The normalized spacial score (nSPS) is 21.6. The van der Waals surface area contributed by atoms with Crippen LogP contribution in [-0.4, -0.2) is 54.7 Å². The molecule has 0 spiro atoms. The Morgan fingerprint density at radius 1 is 1.07 bits per heavy atom. The van der Waals surface area contributed by atoms with Gasteiger partial charge < -0.3 is 15.5 Å². The second-order valence-electron chi connectivity index (χ2n) is 7.53. The molecule has 2 saturated heterocycles. The fourth-order valence-electron chi connectivity index (χ4n) is 3.88. The van der Waals surface area contributed by atoms with Gasteiger partial charge in [0.15, 0.2) is 5.78 Å². The summed E-state index contributed by atoms with van der Waals surface area (Å²) in [6.45, 7) is 2.93. The third kappa shape index (κ3) is 6.31. The Labute approximate surface area is 172 Å². The van der Waals surface area contributed by atoms with Crippen molar-refractivity contribution in [3.63, 3.8) is 0 Å². The predicted molar refractivity (Wildman–Crippen MR) is 111 cm³/mol. The highest BCUT2D eigenvalue weighted by Gasteiger charge is 2.26. The summed E-state index contributed by atoms with van der Waals surface area (Å²) in [5.74, 6) is 0.406. The zero-order valence-corrected chi connectivity index (χ0v) is 17.0. The fourth-order valence-corrected chi connectivity index (χ4v) is 3.88. The molecule has 28 heavy (non-hydrogen) atoms. The average molecular weight is 408 g/mol. The smallest absolute Gasteiger partial charge is 0.237 e. The first-order valence-electron chi connectivity index (χ1n) is 10.0. The number of halogens is 1. The van der Waals surface area contributed by atoms with Crippen molar-refractivity contribution in [1.29, 1.82) is 0 Å². The van der Waals surface area contributed by atoms with Gasteiger partial charge in [0, 0.05) is 38.0 Å². The lowest BCUT2D eigenvalue weighted by Crippen LogP contribution is -2.46. The third-order valence-corrected chi connectivity index (χ3v) is 5.48. The molecule has 0 radical (unpaired) electrons. The van der Waals surface area contributed by atoms with E-state index >= 15 is 0 Å². The number of amides is 2. The zero-order chi connectivity index (χ0) is 19.1. The summed E-state index contributed by atoms with van der Waals surface area (Å²) >= 11 is 0. The summed E-state index contributed by atoms with van der Waals surface area (Å²) in [5.41, 5.74) is 0.657. The zero-order valence-electron chi connectivity index (χ0n) is 16.2. The lowest BCUT2D eigenvalue weighted by molar-refractivity contribution is -0.132. The van der Waals surface area contributed by atoms with Gasteiger partial charge in [-0.05, 0) is 38.1 Å². The van der Waals surface area contributed by atoms with Crippen molar-refractivity contribution in [3.8, 4) is 0 Å². The van der Waals surface area contributed by atoms with Crippen LogP contribution in [0.3, 0.4) is 0 Å². The fraction of sp³-hybridized carbons (Fsp3) is 0.571. The standard InChI is InChI=1S/C21H29N3O3.ClH/c25-19(17-7-2-1-3-8-17)10-11-20(26)24-13-5-6-16(15-24)14-23-21(27)18-9-4-12-22-18;/h1-3,7-8,16,18,22H,4-6,9-15H2,(H,23,27);1H. The monoisotopic (exact) mass is 407 g/mol. The lowest BCUT2D eigenvalue weighted by atomic mass is 9.97. The molecule has 2 heterocycles. The van der Waals surface area contributed by atoms with Gasteiger partial charge in [0.1, 0.15) is 0 Å². The Morgan fingerprint density at radius 2 is 1.86 bits per heavy atom. The predicted octanol–water partition coefficient (Wildman–Crippen LogP) is 2.18. The van der Waals surface area contributed by atoms with Crippen molar-refractivity contribution >= 4 is 30.0 Å². The molecule has 2 N–H and O–H groups in total. The Morgan fingerprint density at radius 3 is 2.57 bits per heavy atom. The number of benzene rings is 1. The van der Waals surface area contributed by atoms with Gasteiger partial charge in [-0.1, -0.05) is 30.3 Å². The van der Waals surface area contributed by atoms with Gasteiger partial charge in [-0.15, -0.1) is 12.4 Å². The van der Waals surface area contributed by atoms with Crippen LogP contribution in [0, 0.1) is 5.92 Å². The van der Waals surface area contributed by atoms with Crippen LogP contribution in [-0.2, 0) is 9.59 Å². The van der Waals surface area contributed by atoms with Crippen molar-refractivity contribution in [3.05, 3.63) is 35.9 Å². The molecule has 7 heteroatoms. The van der Waals surface area contributed by atoms with Crippen LogP contribution in [0.2, 0.25) is 0 Å². The van der Waals surface area contributed by atoms with E-state index < -0.39 is 0 Å². The minimum Gasteiger partial charge on any atom is -0.354 e. The third-order valence-electron chi connectivity index (χ3n) is 5.48. The lowest BCUT2D eigenvalue weighted by Gasteiger charge is -2.33. The first-order chi connectivity index (χ1) is 13.1. The van der Waals surface area contributed by atoms with Crippen LogP contribution in [0.15, 0.2) is 30.3 Å². The van der Waals surface area contributed by atoms with Gasteiger partial charge in [-0.3, -0.25) is 14.4 Å². The quantitative estimate of drug-likeness (QED) is 0.679. The number of likely N-dealkylation sites (tertiary alicyclic amines) is 1. The number of ketones is 1. The van der Waals surface area contributed by atoms with Crippen molar-refractivity contribution in [2.45, 2.75) is 44.6 Å². The summed E-state index contributed by atoms with van der Waals surface area (Å²) < 4.78 is 0. The number of Topliss-reactive ketones (excluding diaryl/α,β-unsaturated/α-hetero) is 1. The topological polar surface area (TPSA) is 78.5 Å². The maximum absolute atomic E-state index is 12.5. The molecule has 6 nitrogen and oxygen atoms in total. The van der Waals surface area contributed by atoms with Crippen LogP contribution >= 0.6 is 12.4 Å². The Hall–Kier alpha value is -1.92. The summed E-state index contributed by atoms with van der Waals surface area (Å²) in [6.07, 6.45) is 4.40. The van der Waals surface area contributed by atoms with Gasteiger partial charge in [-0.25, -0.2) is 0 Å². The van der Waals surface area contributed by atoms with Crippen LogP contribution in [0.4, 0.5) is 0 Å². The first kappa shape index (κ1) is 22.4. The van der Waals surface area contributed by atoms with Crippen molar-refractivity contribution < 1.29 is 14.4 Å². The molecule has 1 aromatic rings. The first-order valence-corrected chi connectivity index (χ1v) is 10.0. The number of rotatable bonds is 7. The van der Waals surface area contributed by atoms with E-state index in [0.717, 1.165) is 38.8 Å². The molecular formula is C21H30ClN3O3. The number of hydrogen-bond acceptors (Lipinski definition) is 4. The maximum atomic E-state index is 12.5. The molecule has 0 bridgehead atoms. The SMILES string of the molecule is Cl.O=C(CCC(=O)N1CCCC(CNC(=O)C2CCCN2)C1)c1ccccc1. The average Bonchev–Trinajstić information content (AvgIpc) is 3.26. The van der Waals surface area contributed by atoms with E-state index in [-0.39, 0.29) is 54.8 Å². The number of nitrogens with one attached hydrogen (secondary N) is 2. The number of carbonyl (C=O) groups excluding carboxylic acids is 3. The van der Waals surface area contributed by atoms with E-state index in [9.17, 15) is 14.4 Å². The molecule has 2 atom stereocenters. The highest BCUT2D eigenvalue weighted by Crippen LogP contribution is 2.18. The highest BCUT2D eigenvalue weighted by molar-refractivity contribution is 5.97. The molecule has 1 aromatic carbocycles. The Balaban J connectivity index is 0.00000280. The number of carbonyl (C=O) groups is 3. The summed E-state index contributed by atoms with van der Waals surface area (Å²) in [4.78, 5) is 38.7. The van der Waals surface area contributed by atoms with Crippen LogP contribution in [0.5, 0.6) is 0 Å². The van der Waals surface area contributed by atoms with E-state index in [1.54, 1.807) is 12.1 Å². The molecule has 2 unspecified atom stereocenters. The molecule has 0 saturated carbocycles. The van der Waals surface area contributed by atoms with Gasteiger partial charge in [0.25, 0.3) is 0 Å².